The lowest BCUT2D eigenvalue weighted by Gasteiger charge is -2.32. The lowest BCUT2D eigenvalue weighted by Crippen LogP contribution is -2.53. The van der Waals surface area contributed by atoms with Gasteiger partial charge in [-0.25, -0.2) is 0 Å². The highest BCUT2D eigenvalue weighted by atomic mass is 35.5. The molecule has 0 aromatic heterocycles. The maximum absolute atomic E-state index is 11.9. The van der Waals surface area contributed by atoms with Crippen LogP contribution in [0.4, 0.5) is 0 Å². The standard InChI is InChI=1S/C12H14Cl2N2O/c1-8-12(17)16(6-5-15-8)7-9-10(13)3-2-4-11(9)14/h2-4,8,15H,5-7H2,1H3. The second kappa shape index (κ2) is 5.25. The highest BCUT2D eigenvalue weighted by Gasteiger charge is 2.25. The number of amides is 1. The molecule has 0 bridgehead atoms. The number of hydrogen-bond acceptors (Lipinski definition) is 2. The average molecular weight is 273 g/mol. The van der Waals surface area contributed by atoms with Crippen molar-refractivity contribution < 1.29 is 4.79 Å². The van der Waals surface area contributed by atoms with Crippen molar-refractivity contribution in [3.63, 3.8) is 0 Å². The van der Waals surface area contributed by atoms with Crippen molar-refractivity contribution in [1.29, 1.82) is 0 Å². The molecule has 17 heavy (non-hydrogen) atoms. The number of carbonyl (C=O) groups excluding carboxylic acids is 1. The van der Waals surface area contributed by atoms with Gasteiger partial charge in [-0.3, -0.25) is 4.79 Å². The predicted molar refractivity (Wildman–Crippen MR) is 69.3 cm³/mol. The zero-order chi connectivity index (χ0) is 12.4. The van der Waals surface area contributed by atoms with E-state index in [0.717, 1.165) is 12.1 Å². The molecule has 1 fully saturated rings. The minimum absolute atomic E-state index is 0.0900. The van der Waals surface area contributed by atoms with Gasteiger partial charge in [0.1, 0.15) is 0 Å². The van der Waals surface area contributed by atoms with Gasteiger partial charge in [-0.1, -0.05) is 29.3 Å². The third kappa shape index (κ3) is 2.73. The molecule has 1 saturated heterocycles. The second-order valence-corrected chi connectivity index (χ2v) is 4.95. The maximum atomic E-state index is 11.9. The summed E-state index contributed by atoms with van der Waals surface area (Å²) in [6, 6.07) is 5.25. The van der Waals surface area contributed by atoms with Crippen LogP contribution in [0.25, 0.3) is 0 Å². The summed E-state index contributed by atoms with van der Waals surface area (Å²) in [5, 5.41) is 4.34. The lowest BCUT2D eigenvalue weighted by molar-refractivity contribution is -0.135. The first-order valence-electron chi connectivity index (χ1n) is 5.54. The number of piperazine rings is 1. The summed E-state index contributed by atoms with van der Waals surface area (Å²) < 4.78 is 0. The van der Waals surface area contributed by atoms with Crippen LogP contribution in [-0.2, 0) is 11.3 Å². The Labute approximate surface area is 111 Å². The van der Waals surface area contributed by atoms with Gasteiger partial charge in [-0.15, -0.1) is 0 Å². The molecule has 5 heteroatoms. The van der Waals surface area contributed by atoms with Crippen LogP contribution in [0.1, 0.15) is 12.5 Å². The molecule has 92 valence electrons. The topological polar surface area (TPSA) is 32.3 Å². The summed E-state index contributed by atoms with van der Waals surface area (Å²) in [4.78, 5) is 13.7. The normalized spacial score (nSPS) is 20.8. The number of rotatable bonds is 2. The zero-order valence-electron chi connectivity index (χ0n) is 9.54. The van der Waals surface area contributed by atoms with E-state index in [1.807, 2.05) is 6.92 Å². The first-order valence-corrected chi connectivity index (χ1v) is 6.30. The quantitative estimate of drug-likeness (QED) is 0.896. The molecule has 1 heterocycles. The smallest absolute Gasteiger partial charge is 0.239 e. The molecular weight excluding hydrogens is 259 g/mol. The molecule has 0 saturated carbocycles. The van der Waals surface area contributed by atoms with Crippen LogP contribution in [-0.4, -0.2) is 29.9 Å². The SMILES string of the molecule is CC1NCCN(Cc2c(Cl)cccc2Cl)C1=O. The molecule has 1 atom stereocenters. The van der Waals surface area contributed by atoms with Crippen molar-refractivity contribution in [3.05, 3.63) is 33.8 Å². The fourth-order valence-corrected chi connectivity index (χ4v) is 2.44. The molecular formula is C12H14Cl2N2O. The maximum Gasteiger partial charge on any atom is 0.239 e. The number of carbonyl (C=O) groups is 1. The minimum atomic E-state index is -0.134. The van der Waals surface area contributed by atoms with Gasteiger partial charge < -0.3 is 10.2 Å². The van der Waals surface area contributed by atoms with Crippen LogP contribution >= 0.6 is 23.2 Å². The van der Waals surface area contributed by atoms with Crippen LogP contribution in [0.15, 0.2) is 18.2 Å². The van der Waals surface area contributed by atoms with Gasteiger partial charge >= 0.3 is 0 Å². The summed E-state index contributed by atoms with van der Waals surface area (Å²) in [6.07, 6.45) is 0. The van der Waals surface area contributed by atoms with Gasteiger partial charge in [0.15, 0.2) is 0 Å². The number of halogens is 2. The van der Waals surface area contributed by atoms with Crippen molar-refractivity contribution >= 4 is 29.1 Å². The number of hydrogen-bond donors (Lipinski definition) is 1. The zero-order valence-corrected chi connectivity index (χ0v) is 11.1. The van der Waals surface area contributed by atoms with E-state index in [9.17, 15) is 4.79 Å². The number of nitrogens with one attached hydrogen (secondary N) is 1. The van der Waals surface area contributed by atoms with Crippen LogP contribution in [0.5, 0.6) is 0 Å². The fourth-order valence-electron chi connectivity index (χ4n) is 1.92. The van der Waals surface area contributed by atoms with E-state index in [1.54, 1.807) is 23.1 Å². The number of nitrogens with zero attached hydrogens (tertiary/aromatic N) is 1. The third-order valence-corrected chi connectivity index (χ3v) is 3.63. The van der Waals surface area contributed by atoms with E-state index >= 15 is 0 Å². The molecule has 1 aliphatic rings. The first-order chi connectivity index (χ1) is 8.09. The predicted octanol–water partition coefficient (Wildman–Crippen LogP) is 2.31. The van der Waals surface area contributed by atoms with Crippen LogP contribution in [0.3, 0.4) is 0 Å². The first kappa shape index (κ1) is 12.7. The molecule has 1 aromatic carbocycles. The van der Waals surface area contributed by atoms with Crippen LogP contribution < -0.4 is 5.32 Å². The largest absolute Gasteiger partial charge is 0.336 e. The molecule has 1 amide bonds. The Morgan fingerprint density at radius 1 is 1.41 bits per heavy atom. The molecule has 1 unspecified atom stereocenters. The Morgan fingerprint density at radius 2 is 2.06 bits per heavy atom. The van der Waals surface area contributed by atoms with Crippen molar-refractivity contribution in [2.75, 3.05) is 13.1 Å². The summed E-state index contributed by atoms with van der Waals surface area (Å²) >= 11 is 12.2. The molecule has 1 N–H and O–H groups in total. The van der Waals surface area contributed by atoms with Crippen molar-refractivity contribution in [3.8, 4) is 0 Å². The van der Waals surface area contributed by atoms with Gasteiger partial charge in [-0.2, -0.15) is 0 Å². The fraction of sp³-hybridized carbons (Fsp3) is 0.417. The minimum Gasteiger partial charge on any atom is -0.336 e. The van der Waals surface area contributed by atoms with Gasteiger partial charge in [-0.05, 0) is 19.1 Å². The molecule has 0 aliphatic carbocycles. The average Bonchev–Trinajstić information content (AvgIpc) is 2.29. The van der Waals surface area contributed by atoms with Gasteiger partial charge in [0.2, 0.25) is 5.91 Å². The van der Waals surface area contributed by atoms with Crippen LogP contribution in [0, 0.1) is 0 Å². The molecule has 1 aromatic rings. The summed E-state index contributed by atoms with van der Waals surface area (Å²) in [5.41, 5.74) is 0.818. The Bertz CT molecular complexity index is 416. The van der Waals surface area contributed by atoms with E-state index in [4.69, 9.17) is 23.2 Å². The van der Waals surface area contributed by atoms with E-state index in [-0.39, 0.29) is 11.9 Å². The van der Waals surface area contributed by atoms with Gasteiger partial charge in [0, 0.05) is 35.2 Å². The van der Waals surface area contributed by atoms with E-state index in [1.165, 1.54) is 0 Å². The molecule has 2 rings (SSSR count). The summed E-state index contributed by atoms with van der Waals surface area (Å²) in [5.74, 6) is 0.0900. The number of benzene rings is 1. The van der Waals surface area contributed by atoms with E-state index in [0.29, 0.717) is 23.1 Å². The summed E-state index contributed by atoms with van der Waals surface area (Å²) in [6.45, 7) is 3.83. The van der Waals surface area contributed by atoms with Crippen LogP contribution in [0.2, 0.25) is 10.0 Å². The van der Waals surface area contributed by atoms with Crippen molar-refractivity contribution in [2.45, 2.75) is 19.5 Å². The molecule has 0 spiro atoms. The highest BCUT2D eigenvalue weighted by Crippen LogP contribution is 2.26. The molecule has 3 nitrogen and oxygen atoms in total. The Kier molecular flexibility index (Phi) is 3.92. The lowest BCUT2D eigenvalue weighted by atomic mass is 10.1. The van der Waals surface area contributed by atoms with Crippen molar-refractivity contribution in [2.24, 2.45) is 0 Å². The molecule has 1 aliphatic heterocycles. The van der Waals surface area contributed by atoms with E-state index < -0.39 is 0 Å². The van der Waals surface area contributed by atoms with Gasteiger partial charge in [0.25, 0.3) is 0 Å². The summed E-state index contributed by atoms with van der Waals surface area (Å²) in [7, 11) is 0. The van der Waals surface area contributed by atoms with Gasteiger partial charge in [0.05, 0.1) is 6.04 Å². The van der Waals surface area contributed by atoms with Crippen molar-refractivity contribution in [1.82, 2.24) is 10.2 Å². The highest BCUT2D eigenvalue weighted by molar-refractivity contribution is 6.36. The third-order valence-electron chi connectivity index (χ3n) is 2.93. The Morgan fingerprint density at radius 3 is 2.71 bits per heavy atom. The monoisotopic (exact) mass is 272 g/mol. The molecule has 0 radical (unpaired) electrons. The Balaban J connectivity index is 2.18. The van der Waals surface area contributed by atoms with E-state index in [2.05, 4.69) is 5.32 Å². The Hall–Kier alpha value is -0.770. The second-order valence-electron chi connectivity index (χ2n) is 4.14.